The van der Waals surface area contributed by atoms with E-state index in [2.05, 4.69) is 10.4 Å². The SMILES string of the molecule is COc1ccc(S(=O)(=O)N2CCOCC2)cc1NC(=O)Cn1cc(-c2ccccc2)cn1. The van der Waals surface area contributed by atoms with E-state index in [1.807, 2.05) is 30.3 Å². The zero-order valence-corrected chi connectivity index (χ0v) is 18.4. The molecule has 9 nitrogen and oxygen atoms in total. The summed E-state index contributed by atoms with van der Waals surface area (Å²) < 4.78 is 39.4. The zero-order valence-electron chi connectivity index (χ0n) is 17.6. The molecule has 1 aliphatic heterocycles. The Morgan fingerprint density at radius 2 is 1.88 bits per heavy atom. The topological polar surface area (TPSA) is 103 Å². The zero-order chi connectivity index (χ0) is 22.6. The molecule has 1 fully saturated rings. The van der Waals surface area contributed by atoms with E-state index in [0.717, 1.165) is 11.1 Å². The number of nitrogens with zero attached hydrogens (tertiary/aromatic N) is 3. The second-order valence-electron chi connectivity index (χ2n) is 7.22. The molecule has 0 saturated carbocycles. The number of carbonyl (C=O) groups excluding carboxylic acids is 1. The van der Waals surface area contributed by atoms with Crippen LogP contribution >= 0.6 is 0 Å². The molecule has 1 amide bonds. The lowest BCUT2D eigenvalue weighted by Gasteiger charge is -2.26. The van der Waals surface area contributed by atoms with Gasteiger partial charge in [0.2, 0.25) is 15.9 Å². The number of benzene rings is 2. The number of hydrogen-bond acceptors (Lipinski definition) is 6. The third-order valence-corrected chi connectivity index (χ3v) is 6.99. The van der Waals surface area contributed by atoms with Gasteiger partial charge in [0.1, 0.15) is 12.3 Å². The van der Waals surface area contributed by atoms with Crippen molar-refractivity contribution in [1.82, 2.24) is 14.1 Å². The summed E-state index contributed by atoms with van der Waals surface area (Å²) in [4.78, 5) is 12.7. The van der Waals surface area contributed by atoms with Crippen LogP contribution in [0.25, 0.3) is 11.1 Å². The van der Waals surface area contributed by atoms with Crippen LogP contribution in [0.4, 0.5) is 5.69 Å². The summed E-state index contributed by atoms with van der Waals surface area (Å²) in [6, 6.07) is 14.2. The Balaban J connectivity index is 1.50. The molecule has 0 aliphatic carbocycles. The van der Waals surface area contributed by atoms with Gasteiger partial charge in [0, 0.05) is 24.8 Å². The molecule has 0 radical (unpaired) electrons. The van der Waals surface area contributed by atoms with Crippen molar-refractivity contribution in [2.75, 3.05) is 38.7 Å². The Morgan fingerprint density at radius 3 is 2.59 bits per heavy atom. The fourth-order valence-electron chi connectivity index (χ4n) is 3.45. The van der Waals surface area contributed by atoms with Gasteiger partial charge in [-0.15, -0.1) is 0 Å². The number of amides is 1. The molecule has 1 aliphatic rings. The maximum Gasteiger partial charge on any atom is 0.246 e. The summed E-state index contributed by atoms with van der Waals surface area (Å²) in [6.07, 6.45) is 3.48. The highest BCUT2D eigenvalue weighted by Crippen LogP contribution is 2.29. The summed E-state index contributed by atoms with van der Waals surface area (Å²) in [5.74, 6) is 0.0108. The summed E-state index contributed by atoms with van der Waals surface area (Å²) in [5, 5.41) is 6.99. The third kappa shape index (κ3) is 4.82. The normalized spacial score (nSPS) is 14.8. The Labute approximate surface area is 186 Å². The molecular weight excluding hydrogens is 432 g/mol. The van der Waals surface area contributed by atoms with Gasteiger partial charge in [0.25, 0.3) is 0 Å². The van der Waals surface area contributed by atoms with Crippen LogP contribution in [0.2, 0.25) is 0 Å². The molecule has 0 atom stereocenters. The smallest absolute Gasteiger partial charge is 0.246 e. The molecule has 32 heavy (non-hydrogen) atoms. The van der Waals surface area contributed by atoms with Crippen LogP contribution in [0, 0.1) is 0 Å². The monoisotopic (exact) mass is 456 g/mol. The Hall–Kier alpha value is -3.21. The minimum Gasteiger partial charge on any atom is -0.495 e. The predicted octanol–water partition coefficient (Wildman–Crippen LogP) is 2.22. The molecule has 10 heteroatoms. The van der Waals surface area contributed by atoms with Crippen molar-refractivity contribution in [3.05, 3.63) is 60.9 Å². The first-order valence-electron chi connectivity index (χ1n) is 10.1. The molecule has 3 aromatic rings. The first-order valence-corrected chi connectivity index (χ1v) is 11.5. The largest absolute Gasteiger partial charge is 0.495 e. The van der Waals surface area contributed by atoms with Gasteiger partial charge >= 0.3 is 0 Å². The van der Waals surface area contributed by atoms with Crippen LogP contribution in [-0.2, 0) is 26.1 Å². The van der Waals surface area contributed by atoms with Crippen molar-refractivity contribution < 1.29 is 22.7 Å². The fourth-order valence-corrected chi connectivity index (χ4v) is 4.88. The molecule has 4 rings (SSSR count). The summed E-state index contributed by atoms with van der Waals surface area (Å²) in [5.41, 5.74) is 2.18. The number of anilines is 1. The van der Waals surface area contributed by atoms with E-state index in [1.165, 1.54) is 34.3 Å². The molecule has 1 aromatic heterocycles. The van der Waals surface area contributed by atoms with E-state index >= 15 is 0 Å². The Kier molecular flexibility index (Phi) is 6.54. The number of carbonyl (C=O) groups is 1. The lowest BCUT2D eigenvalue weighted by molar-refractivity contribution is -0.116. The van der Waals surface area contributed by atoms with Gasteiger partial charge in [-0.2, -0.15) is 9.40 Å². The van der Waals surface area contributed by atoms with Gasteiger partial charge in [0.05, 0.1) is 37.1 Å². The molecule has 2 heterocycles. The fraction of sp³-hybridized carbons (Fsp3) is 0.273. The van der Waals surface area contributed by atoms with Crippen LogP contribution in [0.15, 0.2) is 65.8 Å². The maximum atomic E-state index is 13.0. The minimum atomic E-state index is -3.70. The quantitative estimate of drug-likeness (QED) is 0.585. The molecule has 1 N–H and O–H groups in total. The number of rotatable bonds is 7. The highest BCUT2D eigenvalue weighted by Gasteiger charge is 2.27. The first-order chi connectivity index (χ1) is 15.5. The van der Waals surface area contributed by atoms with E-state index in [0.29, 0.717) is 32.1 Å². The van der Waals surface area contributed by atoms with Crippen LogP contribution < -0.4 is 10.1 Å². The Bertz CT molecular complexity index is 1190. The van der Waals surface area contributed by atoms with Gasteiger partial charge in [-0.05, 0) is 23.8 Å². The highest BCUT2D eigenvalue weighted by atomic mass is 32.2. The van der Waals surface area contributed by atoms with Gasteiger partial charge in [-0.25, -0.2) is 8.42 Å². The minimum absolute atomic E-state index is 0.0313. The van der Waals surface area contributed by atoms with Crippen molar-refractivity contribution in [3.63, 3.8) is 0 Å². The first kappa shape index (κ1) is 22.0. The number of ether oxygens (including phenoxy) is 2. The van der Waals surface area contributed by atoms with Crippen molar-refractivity contribution in [2.24, 2.45) is 0 Å². The number of aromatic nitrogens is 2. The average Bonchev–Trinajstić information content (AvgIpc) is 3.28. The van der Waals surface area contributed by atoms with Gasteiger partial charge in [-0.3, -0.25) is 9.48 Å². The molecule has 1 saturated heterocycles. The number of morpholine rings is 1. The van der Waals surface area contributed by atoms with Crippen LogP contribution in [0.3, 0.4) is 0 Å². The van der Waals surface area contributed by atoms with E-state index in [9.17, 15) is 13.2 Å². The lowest BCUT2D eigenvalue weighted by atomic mass is 10.1. The summed E-state index contributed by atoms with van der Waals surface area (Å²) in [6.45, 7) is 1.26. The van der Waals surface area contributed by atoms with Gasteiger partial charge < -0.3 is 14.8 Å². The summed E-state index contributed by atoms with van der Waals surface area (Å²) >= 11 is 0. The molecule has 0 spiro atoms. The number of hydrogen-bond donors (Lipinski definition) is 1. The molecule has 0 bridgehead atoms. The Morgan fingerprint density at radius 1 is 1.12 bits per heavy atom. The second-order valence-corrected chi connectivity index (χ2v) is 9.16. The van der Waals surface area contributed by atoms with Crippen molar-refractivity contribution in [3.8, 4) is 16.9 Å². The van der Waals surface area contributed by atoms with E-state index in [4.69, 9.17) is 9.47 Å². The van der Waals surface area contributed by atoms with Crippen LogP contribution in [-0.4, -0.2) is 61.8 Å². The third-order valence-electron chi connectivity index (χ3n) is 5.10. The van der Waals surface area contributed by atoms with E-state index in [1.54, 1.807) is 12.4 Å². The number of sulfonamides is 1. The molecule has 0 unspecified atom stereocenters. The molecule has 2 aromatic carbocycles. The van der Waals surface area contributed by atoms with Crippen molar-refractivity contribution >= 4 is 21.6 Å². The number of nitrogens with one attached hydrogen (secondary N) is 1. The molecule has 168 valence electrons. The van der Waals surface area contributed by atoms with Crippen LogP contribution in [0.5, 0.6) is 5.75 Å². The standard InChI is InChI=1S/C22H24N4O5S/c1-30-21-8-7-19(32(28,29)26-9-11-31-12-10-26)13-20(21)24-22(27)16-25-15-18(14-23-25)17-5-3-2-4-6-17/h2-8,13-15H,9-12,16H2,1H3,(H,24,27). The lowest BCUT2D eigenvalue weighted by Crippen LogP contribution is -2.40. The second kappa shape index (κ2) is 9.51. The van der Waals surface area contributed by atoms with Gasteiger partial charge in [0.15, 0.2) is 0 Å². The van der Waals surface area contributed by atoms with Gasteiger partial charge in [-0.1, -0.05) is 30.3 Å². The molecular formula is C22H24N4O5S. The van der Waals surface area contributed by atoms with Crippen LogP contribution in [0.1, 0.15) is 0 Å². The van der Waals surface area contributed by atoms with Crippen molar-refractivity contribution in [1.29, 1.82) is 0 Å². The maximum absolute atomic E-state index is 13.0. The van der Waals surface area contributed by atoms with E-state index < -0.39 is 10.0 Å². The van der Waals surface area contributed by atoms with Crippen molar-refractivity contribution in [2.45, 2.75) is 11.4 Å². The average molecular weight is 457 g/mol. The summed E-state index contributed by atoms with van der Waals surface area (Å²) in [7, 11) is -2.24. The predicted molar refractivity (Wildman–Crippen MR) is 119 cm³/mol. The highest BCUT2D eigenvalue weighted by molar-refractivity contribution is 7.89. The number of methoxy groups -OCH3 is 1. The van der Waals surface area contributed by atoms with E-state index in [-0.39, 0.29) is 23.0 Å².